The van der Waals surface area contributed by atoms with Crippen molar-refractivity contribution in [2.75, 3.05) is 19.6 Å². The summed E-state index contributed by atoms with van der Waals surface area (Å²) in [6.45, 7) is 2.63. The molecule has 4 rings (SSSR count). The molecule has 3 aromatic rings. The van der Waals surface area contributed by atoms with E-state index in [1.54, 1.807) is 12.3 Å². The molecule has 1 saturated heterocycles. The van der Waals surface area contributed by atoms with Gasteiger partial charge in [-0.1, -0.05) is 0 Å². The number of benzene rings is 1. The first-order valence-corrected chi connectivity index (χ1v) is 11.1. The number of aryl methyl sites for hydroxylation is 1. The van der Waals surface area contributed by atoms with Crippen LogP contribution >= 0.6 is 0 Å². The maximum Gasteiger partial charge on any atom is 0.328 e. The number of rotatable bonds is 7. The Hall–Kier alpha value is -3.73. The average molecular weight is 471 g/mol. The molecule has 0 spiro atoms. The van der Waals surface area contributed by atoms with Gasteiger partial charge in [0.1, 0.15) is 17.9 Å². The molecule has 0 bridgehead atoms. The van der Waals surface area contributed by atoms with E-state index >= 15 is 0 Å². The van der Waals surface area contributed by atoms with E-state index in [4.69, 9.17) is 0 Å². The highest BCUT2D eigenvalue weighted by molar-refractivity contribution is 5.91. The van der Waals surface area contributed by atoms with E-state index in [2.05, 4.69) is 25.9 Å². The number of nitrogens with zero attached hydrogens (tertiary/aromatic N) is 1. The third-order valence-electron chi connectivity index (χ3n) is 6.18. The normalized spacial score (nSPS) is 15.2. The van der Waals surface area contributed by atoms with E-state index in [0.717, 1.165) is 21.0 Å². The topological polar surface area (TPSA) is 141 Å². The number of aromatic nitrogens is 3. The number of H-pyrrole nitrogens is 2. The minimum atomic E-state index is -1.12. The summed E-state index contributed by atoms with van der Waals surface area (Å²) >= 11 is 0. The van der Waals surface area contributed by atoms with Crippen LogP contribution in [-0.4, -0.2) is 51.5 Å². The molecule has 180 valence electrons. The number of aromatic amines is 2. The highest BCUT2D eigenvalue weighted by Gasteiger charge is 2.40. The van der Waals surface area contributed by atoms with Gasteiger partial charge in [0, 0.05) is 35.4 Å². The lowest BCUT2D eigenvalue weighted by Gasteiger charge is -2.37. The minimum Gasteiger partial charge on any atom is -0.361 e. The molecule has 1 fully saturated rings. The van der Waals surface area contributed by atoms with Crippen molar-refractivity contribution in [3.05, 3.63) is 68.4 Å². The highest BCUT2D eigenvalue weighted by atomic mass is 19.1. The summed E-state index contributed by atoms with van der Waals surface area (Å²) in [5.74, 6) is -1.14. The predicted octanol–water partition coefficient (Wildman–Crippen LogP) is 0.0627. The van der Waals surface area contributed by atoms with Crippen molar-refractivity contribution in [3.8, 4) is 0 Å². The first kappa shape index (κ1) is 23.4. The van der Waals surface area contributed by atoms with Gasteiger partial charge in [0.15, 0.2) is 0 Å². The SMILES string of the molecule is Cc1cn(CC(=O)NC2(C(=O)NCCc3c[nH]c4ccc(F)cc34)CCNCC2)c(=O)[nH]c1=O. The Morgan fingerprint density at radius 1 is 1.21 bits per heavy atom. The van der Waals surface area contributed by atoms with Gasteiger partial charge in [-0.25, -0.2) is 9.18 Å². The number of halogens is 1. The van der Waals surface area contributed by atoms with Crippen molar-refractivity contribution in [2.45, 2.75) is 38.3 Å². The standard InChI is InChI=1S/C23H27FN6O4/c1-14-12-30(22(34)28-20(14)32)13-19(31)29-23(5-8-25-9-6-23)21(33)26-7-4-15-11-27-18-3-2-16(24)10-17(15)18/h2-3,10-12,25,27H,4-9,13H2,1H3,(H,26,33)(H,29,31)(H,28,32,34). The van der Waals surface area contributed by atoms with Crippen LogP contribution in [0.15, 0.2) is 40.2 Å². The molecule has 3 heterocycles. The lowest BCUT2D eigenvalue weighted by atomic mass is 9.87. The molecule has 0 unspecified atom stereocenters. The number of hydrogen-bond acceptors (Lipinski definition) is 5. The second kappa shape index (κ2) is 9.64. The first-order valence-electron chi connectivity index (χ1n) is 11.1. The summed E-state index contributed by atoms with van der Waals surface area (Å²) in [6.07, 6.45) is 4.39. The van der Waals surface area contributed by atoms with E-state index in [1.165, 1.54) is 25.3 Å². The van der Waals surface area contributed by atoms with Crippen LogP contribution in [0.3, 0.4) is 0 Å². The number of carbonyl (C=O) groups excluding carboxylic acids is 2. The third kappa shape index (κ3) is 4.93. The monoisotopic (exact) mass is 470 g/mol. The van der Waals surface area contributed by atoms with E-state index in [1.807, 2.05) is 0 Å². The highest BCUT2D eigenvalue weighted by Crippen LogP contribution is 2.21. The molecule has 0 aliphatic carbocycles. The summed E-state index contributed by atoms with van der Waals surface area (Å²) in [5.41, 5.74) is -0.309. The quantitative estimate of drug-likeness (QED) is 0.332. The number of nitrogens with one attached hydrogen (secondary N) is 5. The van der Waals surface area contributed by atoms with E-state index in [0.29, 0.717) is 44.5 Å². The molecule has 2 amide bonds. The number of piperidine rings is 1. The van der Waals surface area contributed by atoms with Crippen LogP contribution in [0.2, 0.25) is 0 Å². The van der Waals surface area contributed by atoms with Gasteiger partial charge >= 0.3 is 5.69 Å². The van der Waals surface area contributed by atoms with E-state index < -0.39 is 22.7 Å². The summed E-state index contributed by atoms with van der Waals surface area (Å²) in [5, 5.41) is 9.67. The lowest BCUT2D eigenvalue weighted by Crippen LogP contribution is -2.63. The summed E-state index contributed by atoms with van der Waals surface area (Å²) in [7, 11) is 0. The van der Waals surface area contributed by atoms with Gasteiger partial charge < -0.3 is 20.9 Å². The van der Waals surface area contributed by atoms with Crippen LogP contribution in [0.1, 0.15) is 24.0 Å². The number of fused-ring (bicyclic) bond motifs is 1. The fraction of sp³-hybridized carbons (Fsp3) is 0.391. The summed E-state index contributed by atoms with van der Waals surface area (Å²) in [4.78, 5) is 54.8. The van der Waals surface area contributed by atoms with Crippen LogP contribution in [0.25, 0.3) is 10.9 Å². The van der Waals surface area contributed by atoms with E-state index in [9.17, 15) is 23.6 Å². The lowest BCUT2D eigenvalue weighted by molar-refractivity contribution is -0.135. The molecule has 1 aliphatic heterocycles. The van der Waals surface area contributed by atoms with Crippen molar-refractivity contribution in [2.24, 2.45) is 0 Å². The van der Waals surface area contributed by atoms with Gasteiger partial charge in [0.05, 0.1) is 0 Å². The van der Waals surface area contributed by atoms with Crippen LogP contribution in [0.5, 0.6) is 0 Å². The van der Waals surface area contributed by atoms with Crippen molar-refractivity contribution < 1.29 is 14.0 Å². The van der Waals surface area contributed by atoms with Crippen molar-refractivity contribution in [1.29, 1.82) is 0 Å². The fourth-order valence-electron chi connectivity index (χ4n) is 4.30. The minimum absolute atomic E-state index is 0.305. The Balaban J connectivity index is 1.42. The molecular weight excluding hydrogens is 443 g/mol. The van der Waals surface area contributed by atoms with E-state index in [-0.39, 0.29) is 18.3 Å². The molecule has 10 nitrogen and oxygen atoms in total. The molecule has 0 atom stereocenters. The van der Waals surface area contributed by atoms with Gasteiger partial charge in [-0.2, -0.15) is 0 Å². The van der Waals surface area contributed by atoms with Gasteiger partial charge in [0.25, 0.3) is 5.56 Å². The number of amides is 2. The average Bonchev–Trinajstić information content (AvgIpc) is 3.20. The first-order chi connectivity index (χ1) is 16.3. The molecule has 1 aromatic carbocycles. The largest absolute Gasteiger partial charge is 0.361 e. The Morgan fingerprint density at radius 2 is 1.97 bits per heavy atom. The van der Waals surface area contributed by atoms with Gasteiger partial charge in [-0.3, -0.25) is 23.9 Å². The van der Waals surface area contributed by atoms with Gasteiger partial charge in [-0.15, -0.1) is 0 Å². The van der Waals surface area contributed by atoms with Crippen molar-refractivity contribution >= 4 is 22.7 Å². The zero-order valence-electron chi connectivity index (χ0n) is 18.8. The predicted molar refractivity (Wildman–Crippen MR) is 124 cm³/mol. The fourth-order valence-corrected chi connectivity index (χ4v) is 4.30. The molecule has 34 heavy (non-hydrogen) atoms. The van der Waals surface area contributed by atoms with Crippen LogP contribution in [0.4, 0.5) is 4.39 Å². The second-order valence-corrected chi connectivity index (χ2v) is 8.59. The summed E-state index contributed by atoms with van der Waals surface area (Å²) < 4.78 is 14.7. The van der Waals surface area contributed by atoms with Crippen LogP contribution < -0.4 is 27.2 Å². The molecule has 1 aliphatic rings. The molecule has 5 N–H and O–H groups in total. The second-order valence-electron chi connectivity index (χ2n) is 8.59. The van der Waals surface area contributed by atoms with Gasteiger partial charge in [-0.05, 0) is 63.0 Å². The molecule has 2 aromatic heterocycles. The Morgan fingerprint density at radius 3 is 2.74 bits per heavy atom. The molecule has 11 heteroatoms. The zero-order valence-corrected chi connectivity index (χ0v) is 18.8. The number of carbonyl (C=O) groups is 2. The maximum absolute atomic E-state index is 13.6. The Labute approximate surface area is 193 Å². The number of hydrogen-bond donors (Lipinski definition) is 5. The van der Waals surface area contributed by atoms with Crippen molar-refractivity contribution in [3.63, 3.8) is 0 Å². The smallest absolute Gasteiger partial charge is 0.328 e. The van der Waals surface area contributed by atoms with Crippen molar-refractivity contribution in [1.82, 2.24) is 30.5 Å². The van der Waals surface area contributed by atoms with Gasteiger partial charge in [0.2, 0.25) is 11.8 Å². The molecular formula is C23H27FN6O4. The maximum atomic E-state index is 13.6. The molecule has 0 saturated carbocycles. The zero-order chi connectivity index (χ0) is 24.3. The third-order valence-corrected chi connectivity index (χ3v) is 6.18. The van der Waals surface area contributed by atoms with Crippen LogP contribution in [0, 0.1) is 12.7 Å². The Bertz CT molecular complexity index is 1340. The van der Waals surface area contributed by atoms with Crippen LogP contribution in [-0.2, 0) is 22.6 Å². The molecule has 0 radical (unpaired) electrons. The summed E-state index contributed by atoms with van der Waals surface area (Å²) in [6, 6.07) is 4.51. The Kier molecular flexibility index (Phi) is 6.64.